The number of fused-ring (bicyclic) bond motifs is 1. The van der Waals surface area contributed by atoms with Crippen molar-refractivity contribution in [2.75, 3.05) is 11.9 Å². The molecule has 2 heterocycles. The standard InChI is InChI=1S/C20H17ClN4O2S/c1-3-27-15-5-4-6-16-18(15)23-20(28-16)25-17(11-12(2)24-25)22-19(26)13-7-9-14(21)10-8-13/h4-11H,3H2,1-2H3,(H,22,26). The Balaban J connectivity index is 1.70. The molecule has 2 aromatic carbocycles. The number of benzene rings is 2. The SMILES string of the molecule is CCOc1cccc2sc(-n3nc(C)cc3NC(=O)c3ccc(Cl)cc3)nc12. The summed E-state index contributed by atoms with van der Waals surface area (Å²) in [6.07, 6.45) is 0. The Bertz CT molecular complexity index is 1150. The van der Waals surface area contributed by atoms with Crippen LogP contribution in [0.15, 0.2) is 48.5 Å². The maximum atomic E-state index is 12.6. The van der Waals surface area contributed by atoms with E-state index in [0.29, 0.717) is 28.1 Å². The van der Waals surface area contributed by atoms with E-state index in [1.165, 1.54) is 11.3 Å². The van der Waals surface area contributed by atoms with Gasteiger partial charge in [0.15, 0.2) is 0 Å². The summed E-state index contributed by atoms with van der Waals surface area (Å²) in [5.74, 6) is 1.04. The molecule has 0 bridgehead atoms. The summed E-state index contributed by atoms with van der Waals surface area (Å²) >= 11 is 7.38. The lowest BCUT2D eigenvalue weighted by molar-refractivity contribution is 0.102. The summed E-state index contributed by atoms with van der Waals surface area (Å²) in [7, 11) is 0. The Morgan fingerprint density at radius 1 is 1.25 bits per heavy atom. The second-order valence-electron chi connectivity index (χ2n) is 6.08. The number of para-hydroxylation sites is 1. The molecule has 0 atom stereocenters. The molecule has 0 aliphatic carbocycles. The summed E-state index contributed by atoms with van der Waals surface area (Å²) in [4.78, 5) is 17.3. The summed E-state index contributed by atoms with van der Waals surface area (Å²) in [6, 6.07) is 14.3. The lowest BCUT2D eigenvalue weighted by Crippen LogP contribution is -2.15. The number of anilines is 1. The molecule has 0 fully saturated rings. The first-order valence-electron chi connectivity index (χ1n) is 8.71. The number of nitrogens with zero attached hydrogens (tertiary/aromatic N) is 3. The predicted molar refractivity (Wildman–Crippen MR) is 112 cm³/mol. The van der Waals surface area contributed by atoms with Gasteiger partial charge in [-0.05, 0) is 50.2 Å². The third-order valence-corrected chi connectivity index (χ3v) is 5.28. The van der Waals surface area contributed by atoms with E-state index in [1.54, 1.807) is 28.9 Å². The molecular formula is C20H17ClN4O2S. The maximum Gasteiger partial charge on any atom is 0.256 e. The Morgan fingerprint density at radius 2 is 2.04 bits per heavy atom. The van der Waals surface area contributed by atoms with Crippen molar-refractivity contribution in [1.82, 2.24) is 14.8 Å². The zero-order valence-electron chi connectivity index (χ0n) is 15.3. The highest BCUT2D eigenvalue weighted by Crippen LogP contribution is 2.32. The van der Waals surface area contributed by atoms with Crippen molar-refractivity contribution in [2.24, 2.45) is 0 Å². The van der Waals surface area contributed by atoms with Crippen molar-refractivity contribution < 1.29 is 9.53 Å². The Morgan fingerprint density at radius 3 is 2.79 bits per heavy atom. The first-order chi connectivity index (χ1) is 13.5. The second-order valence-corrected chi connectivity index (χ2v) is 7.52. The lowest BCUT2D eigenvalue weighted by Gasteiger charge is -2.06. The van der Waals surface area contributed by atoms with Crippen molar-refractivity contribution >= 4 is 44.9 Å². The monoisotopic (exact) mass is 412 g/mol. The fourth-order valence-electron chi connectivity index (χ4n) is 2.80. The van der Waals surface area contributed by atoms with Gasteiger partial charge in [-0.1, -0.05) is 29.0 Å². The number of aryl methyl sites for hydroxylation is 1. The smallest absolute Gasteiger partial charge is 0.256 e. The molecule has 0 aliphatic heterocycles. The molecule has 0 unspecified atom stereocenters. The molecule has 0 saturated carbocycles. The second kappa shape index (κ2) is 7.61. The molecular weight excluding hydrogens is 396 g/mol. The number of carbonyl (C=O) groups excluding carboxylic acids is 1. The average molecular weight is 413 g/mol. The van der Waals surface area contributed by atoms with Gasteiger partial charge in [0.05, 0.1) is 17.0 Å². The van der Waals surface area contributed by atoms with Crippen molar-refractivity contribution in [3.63, 3.8) is 0 Å². The lowest BCUT2D eigenvalue weighted by atomic mass is 10.2. The number of amides is 1. The molecule has 0 spiro atoms. The van der Waals surface area contributed by atoms with Crippen molar-refractivity contribution in [3.8, 4) is 10.9 Å². The molecule has 4 aromatic rings. The van der Waals surface area contributed by atoms with Crippen LogP contribution >= 0.6 is 22.9 Å². The van der Waals surface area contributed by atoms with Crippen molar-refractivity contribution in [2.45, 2.75) is 13.8 Å². The molecule has 0 saturated heterocycles. The highest BCUT2D eigenvalue weighted by atomic mass is 35.5. The van der Waals surface area contributed by atoms with Crippen molar-refractivity contribution in [3.05, 3.63) is 64.8 Å². The molecule has 6 nitrogen and oxygen atoms in total. The molecule has 2 aromatic heterocycles. The molecule has 4 rings (SSSR count). The molecule has 1 amide bonds. The van der Waals surface area contributed by atoms with E-state index in [-0.39, 0.29) is 5.91 Å². The van der Waals surface area contributed by atoms with Crippen LogP contribution in [-0.2, 0) is 0 Å². The van der Waals surface area contributed by atoms with Gasteiger partial charge in [-0.3, -0.25) is 4.79 Å². The minimum absolute atomic E-state index is 0.242. The van der Waals surface area contributed by atoms with E-state index < -0.39 is 0 Å². The Kier molecular flexibility index (Phi) is 5.02. The van der Waals surface area contributed by atoms with E-state index in [9.17, 15) is 4.79 Å². The van der Waals surface area contributed by atoms with Gasteiger partial charge in [-0.2, -0.15) is 9.78 Å². The zero-order chi connectivity index (χ0) is 19.7. The van der Waals surface area contributed by atoms with E-state index in [4.69, 9.17) is 21.3 Å². The molecule has 142 valence electrons. The Labute approximate surface area is 170 Å². The summed E-state index contributed by atoms with van der Waals surface area (Å²) in [5.41, 5.74) is 2.07. The summed E-state index contributed by atoms with van der Waals surface area (Å²) in [6.45, 7) is 4.37. The van der Waals surface area contributed by atoms with Gasteiger partial charge in [0.2, 0.25) is 5.13 Å². The van der Waals surface area contributed by atoms with Crippen LogP contribution in [0, 0.1) is 6.92 Å². The highest BCUT2D eigenvalue weighted by molar-refractivity contribution is 7.20. The minimum Gasteiger partial charge on any atom is -0.492 e. The van der Waals surface area contributed by atoms with Gasteiger partial charge in [0.25, 0.3) is 5.91 Å². The summed E-state index contributed by atoms with van der Waals surface area (Å²) in [5, 5.41) is 8.64. The number of rotatable bonds is 5. The molecule has 8 heteroatoms. The normalized spacial score (nSPS) is 11.0. The average Bonchev–Trinajstić information content (AvgIpc) is 3.26. The first kappa shape index (κ1) is 18.5. The van der Waals surface area contributed by atoms with Gasteiger partial charge < -0.3 is 10.1 Å². The number of aromatic nitrogens is 3. The topological polar surface area (TPSA) is 69.0 Å². The van der Waals surface area contributed by atoms with Gasteiger partial charge in [0.1, 0.15) is 17.1 Å². The van der Waals surface area contributed by atoms with E-state index in [2.05, 4.69) is 10.4 Å². The molecule has 0 radical (unpaired) electrons. The minimum atomic E-state index is -0.242. The first-order valence-corrected chi connectivity index (χ1v) is 9.91. The van der Waals surface area contributed by atoms with Crippen LogP contribution in [0.2, 0.25) is 5.02 Å². The van der Waals surface area contributed by atoms with Crippen LogP contribution in [0.3, 0.4) is 0 Å². The van der Waals surface area contributed by atoms with Crippen LogP contribution in [0.5, 0.6) is 5.75 Å². The number of halogens is 1. The van der Waals surface area contributed by atoms with Gasteiger partial charge in [-0.25, -0.2) is 4.98 Å². The quantitative estimate of drug-likeness (QED) is 0.495. The number of carbonyl (C=O) groups is 1. The van der Waals surface area contributed by atoms with Crippen molar-refractivity contribution in [1.29, 1.82) is 0 Å². The van der Waals surface area contributed by atoms with Crippen LogP contribution in [0.25, 0.3) is 15.3 Å². The predicted octanol–water partition coefficient (Wildman–Crippen LogP) is 5.09. The van der Waals surface area contributed by atoms with Crippen LogP contribution < -0.4 is 10.1 Å². The largest absolute Gasteiger partial charge is 0.492 e. The van der Waals surface area contributed by atoms with E-state index in [0.717, 1.165) is 21.7 Å². The zero-order valence-corrected chi connectivity index (χ0v) is 16.8. The third kappa shape index (κ3) is 3.58. The fraction of sp³-hybridized carbons (Fsp3) is 0.150. The fourth-order valence-corrected chi connectivity index (χ4v) is 3.87. The molecule has 28 heavy (non-hydrogen) atoms. The number of hydrogen-bond acceptors (Lipinski definition) is 5. The number of ether oxygens (including phenoxy) is 1. The van der Waals surface area contributed by atoms with Gasteiger partial charge >= 0.3 is 0 Å². The van der Waals surface area contributed by atoms with Crippen LogP contribution in [-0.4, -0.2) is 27.3 Å². The van der Waals surface area contributed by atoms with E-state index in [1.807, 2.05) is 38.1 Å². The number of thiazole rings is 1. The highest BCUT2D eigenvalue weighted by Gasteiger charge is 2.17. The maximum absolute atomic E-state index is 12.6. The molecule has 0 aliphatic rings. The van der Waals surface area contributed by atoms with Gasteiger partial charge in [-0.15, -0.1) is 0 Å². The molecule has 1 N–H and O–H groups in total. The number of nitrogens with one attached hydrogen (secondary N) is 1. The van der Waals surface area contributed by atoms with Gasteiger partial charge in [0, 0.05) is 16.7 Å². The Hall–Kier alpha value is -2.90. The van der Waals surface area contributed by atoms with Crippen LogP contribution in [0.4, 0.5) is 5.82 Å². The van der Waals surface area contributed by atoms with Crippen LogP contribution in [0.1, 0.15) is 23.0 Å². The number of hydrogen-bond donors (Lipinski definition) is 1. The van der Waals surface area contributed by atoms with E-state index >= 15 is 0 Å². The summed E-state index contributed by atoms with van der Waals surface area (Å²) < 4.78 is 8.30. The third-order valence-electron chi connectivity index (χ3n) is 4.03.